The Kier molecular flexibility index (Phi) is 7.05. The van der Waals surface area contributed by atoms with Gasteiger partial charge in [0.15, 0.2) is 0 Å². The van der Waals surface area contributed by atoms with Gasteiger partial charge in [0.25, 0.3) is 11.6 Å². The van der Waals surface area contributed by atoms with Crippen LogP contribution in [0.5, 0.6) is 5.75 Å². The van der Waals surface area contributed by atoms with Gasteiger partial charge in [0.2, 0.25) is 0 Å². The number of ether oxygens (including phenoxy) is 1. The number of nitrogens with one attached hydrogen (secondary N) is 1. The molecule has 0 bridgehead atoms. The second-order valence-electron chi connectivity index (χ2n) is 7.51. The molecule has 0 fully saturated rings. The molecule has 7 nitrogen and oxygen atoms in total. The van der Waals surface area contributed by atoms with Crippen LogP contribution in [-0.2, 0) is 11.4 Å². The number of amides is 1. The maximum Gasteiger partial charge on any atom is 0.271 e. The summed E-state index contributed by atoms with van der Waals surface area (Å²) < 4.78 is 6.05. The fourth-order valence-electron chi connectivity index (χ4n) is 3.52. The fourth-order valence-corrected chi connectivity index (χ4v) is 3.69. The number of carbonyl (C=O) groups is 1. The van der Waals surface area contributed by atoms with Crippen molar-refractivity contribution in [1.82, 2.24) is 0 Å². The van der Waals surface area contributed by atoms with Crippen molar-refractivity contribution in [2.45, 2.75) is 6.61 Å². The Balaban J connectivity index is 1.57. The van der Waals surface area contributed by atoms with Crippen molar-refractivity contribution in [3.8, 4) is 11.8 Å². The number of non-ortho nitro benzene ring substituents is 1. The van der Waals surface area contributed by atoms with Crippen LogP contribution in [-0.4, -0.2) is 10.8 Å². The van der Waals surface area contributed by atoms with Gasteiger partial charge in [0, 0.05) is 17.7 Å². The Bertz CT molecular complexity index is 1500. The number of carbonyl (C=O) groups excluding carboxylic acids is 1. The maximum absolute atomic E-state index is 12.7. The molecule has 0 saturated heterocycles. The highest BCUT2D eigenvalue weighted by Gasteiger charge is 2.16. The van der Waals surface area contributed by atoms with Crippen LogP contribution >= 0.6 is 11.6 Å². The maximum atomic E-state index is 12.7. The molecule has 0 aliphatic heterocycles. The van der Waals surface area contributed by atoms with Crippen LogP contribution in [0, 0.1) is 21.4 Å². The van der Waals surface area contributed by atoms with Crippen LogP contribution in [0.1, 0.15) is 11.1 Å². The number of halogens is 1. The zero-order valence-electron chi connectivity index (χ0n) is 18.3. The summed E-state index contributed by atoms with van der Waals surface area (Å²) in [6.07, 6.45) is 1.40. The van der Waals surface area contributed by atoms with E-state index in [9.17, 15) is 20.2 Å². The molecule has 0 unspecified atom stereocenters. The second kappa shape index (κ2) is 10.5. The lowest BCUT2D eigenvalue weighted by atomic mass is 10.1. The zero-order chi connectivity index (χ0) is 24.8. The number of rotatable bonds is 7. The molecular weight excluding hydrogens is 466 g/mol. The predicted octanol–water partition coefficient (Wildman–Crippen LogP) is 6.53. The molecule has 4 rings (SSSR count). The summed E-state index contributed by atoms with van der Waals surface area (Å²) in [5.41, 5.74) is 1.12. The van der Waals surface area contributed by atoms with E-state index < -0.39 is 10.8 Å². The van der Waals surface area contributed by atoms with Gasteiger partial charge >= 0.3 is 0 Å². The molecule has 4 aromatic rings. The quantitative estimate of drug-likeness (QED) is 0.139. The molecule has 0 heterocycles. The lowest BCUT2D eigenvalue weighted by Gasteiger charge is -2.12. The van der Waals surface area contributed by atoms with Gasteiger partial charge in [-0.25, -0.2) is 0 Å². The Morgan fingerprint density at radius 1 is 1.06 bits per heavy atom. The molecule has 0 saturated carbocycles. The van der Waals surface area contributed by atoms with E-state index in [-0.39, 0.29) is 22.0 Å². The van der Waals surface area contributed by atoms with Crippen molar-refractivity contribution in [2.24, 2.45) is 0 Å². The summed E-state index contributed by atoms with van der Waals surface area (Å²) in [5.74, 6) is -0.256. The molecule has 35 heavy (non-hydrogen) atoms. The SMILES string of the molecule is N#C/C(=C\c1ccccc1OCc1cccc2ccccc12)C(=O)Nc1cc([N+](=O)[O-])ccc1Cl. The van der Waals surface area contributed by atoms with Crippen molar-refractivity contribution in [3.05, 3.63) is 117 Å². The summed E-state index contributed by atoms with van der Waals surface area (Å²) in [6.45, 7) is 0.295. The van der Waals surface area contributed by atoms with E-state index in [0.29, 0.717) is 17.9 Å². The zero-order valence-corrected chi connectivity index (χ0v) is 19.0. The first-order chi connectivity index (χ1) is 17.0. The van der Waals surface area contributed by atoms with E-state index >= 15 is 0 Å². The molecule has 0 aromatic heterocycles. The molecule has 4 aromatic carbocycles. The number of hydrogen-bond donors (Lipinski definition) is 1. The van der Waals surface area contributed by atoms with E-state index in [1.165, 1.54) is 18.2 Å². The first-order valence-corrected chi connectivity index (χ1v) is 10.9. The average Bonchev–Trinajstić information content (AvgIpc) is 2.87. The first-order valence-electron chi connectivity index (χ1n) is 10.5. The highest BCUT2D eigenvalue weighted by Crippen LogP contribution is 2.28. The Morgan fingerprint density at radius 2 is 1.80 bits per heavy atom. The number of fused-ring (bicyclic) bond motifs is 1. The number of nitriles is 1. The minimum atomic E-state index is -0.751. The molecule has 0 aliphatic rings. The molecular formula is C27H18ClN3O4. The number of hydrogen-bond acceptors (Lipinski definition) is 5. The Morgan fingerprint density at radius 3 is 2.60 bits per heavy atom. The molecule has 1 amide bonds. The Hall–Kier alpha value is -4.67. The predicted molar refractivity (Wildman–Crippen MR) is 135 cm³/mol. The summed E-state index contributed by atoms with van der Waals surface area (Å²) in [6, 6.07) is 26.5. The second-order valence-corrected chi connectivity index (χ2v) is 7.92. The van der Waals surface area contributed by atoms with Crippen molar-refractivity contribution >= 4 is 45.7 Å². The van der Waals surface area contributed by atoms with E-state index in [4.69, 9.17) is 16.3 Å². The smallest absolute Gasteiger partial charge is 0.271 e. The molecule has 0 spiro atoms. The van der Waals surface area contributed by atoms with Crippen molar-refractivity contribution in [1.29, 1.82) is 5.26 Å². The Labute approximate surface area is 206 Å². The third kappa shape index (κ3) is 5.46. The van der Waals surface area contributed by atoms with Crippen LogP contribution in [0.4, 0.5) is 11.4 Å². The summed E-state index contributed by atoms with van der Waals surface area (Å²) in [4.78, 5) is 23.2. The van der Waals surface area contributed by atoms with Gasteiger partial charge in [0.05, 0.1) is 15.6 Å². The normalized spacial score (nSPS) is 11.0. The van der Waals surface area contributed by atoms with Gasteiger partial charge < -0.3 is 10.1 Å². The largest absolute Gasteiger partial charge is 0.488 e. The third-order valence-corrected chi connectivity index (χ3v) is 5.59. The number of para-hydroxylation sites is 1. The summed E-state index contributed by atoms with van der Waals surface area (Å²) in [5, 5.41) is 25.4. The van der Waals surface area contributed by atoms with E-state index in [1.807, 2.05) is 48.5 Å². The minimum absolute atomic E-state index is 0.0347. The van der Waals surface area contributed by atoms with Gasteiger partial charge in [0.1, 0.15) is 24.0 Å². The monoisotopic (exact) mass is 483 g/mol. The lowest BCUT2D eigenvalue weighted by Crippen LogP contribution is -2.14. The first kappa shape index (κ1) is 23.5. The molecule has 8 heteroatoms. The van der Waals surface area contributed by atoms with E-state index in [2.05, 4.69) is 5.32 Å². The van der Waals surface area contributed by atoms with Crippen molar-refractivity contribution in [2.75, 3.05) is 5.32 Å². The average molecular weight is 484 g/mol. The molecule has 0 radical (unpaired) electrons. The van der Waals surface area contributed by atoms with E-state index in [1.54, 1.807) is 24.3 Å². The summed E-state index contributed by atoms with van der Waals surface area (Å²) >= 11 is 6.06. The molecule has 0 aliphatic carbocycles. The number of anilines is 1. The molecule has 172 valence electrons. The van der Waals surface area contributed by atoms with Gasteiger partial charge in [-0.2, -0.15) is 5.26 Å². The highest BCUT2D eigenvalue weighted by atomic mass is 35.5. The lowest BCUT2D eigenvalue weighted by molar-refractivity contribution is -0.384. The third-order valence-electron chi connectivity index (χ3n) is 5.26. The minimum Gasteiger partial charge on any atom is -0.488 e. The van der Waals surface area contributed by atoms with Gasteiger partial charge in [-0.1, -0.05) is 72.3 Å². The molecule has 0 atom stereocenters. The van der Waals surface area contributed by atoms with Crippen LogP contribution in [0.2, 0.25) is 5.02 Å². The van der Waals surface area contributed by atoms with Crippen molar-refractivity contribution in [3.63, 3.8) is 0 Å². The van der Waals surface area contributed by atoms with Gasteiger partial charge in [-0.15, -0.1) is 0 Å². The van der Waals surface area contributed by atoms with E-state index in [0.717, 1.165) is 22.4 Å². The van der Waals surface area contributed by atoms with Crippen LogP contribution in [0.3, 0.4) is 0 Å². The topological polar surface area (TPSA) is 105 Å². The number of nitro groups is 1. The van der Waals surface area contributed by atoms with Gasteiger partial charge in [-0.3, -0.25) is 14.9 Å². The number of nitro benzene ring substituents is 1. The standard InChI is InChI=1S/C27H18ClN3O4/c28-24-13-12-22(31(33)34)15-25(24)30-27(32)21(16-29)14-19-7-2-4-11-26(19)35-17-20-9-5-8-18-6-1-3-10-23(18)20/h1-15H,17H2,(H,30,32)/b21-14+. The van der Waals surface area contributed by atoms with Crippen LogP contribution in [0.25, 0.3) is 16.8 Å². The summed E-state index contributed by atoms with van der Waals surface area (Å²) in [7, 11) is 0. The highest BCUT2D eigenvalue weighted by molar-refractivity contribution is 6.34. The van der Waals surface area contributed by atoms with Crippen LogP contribution in [0.15, 0.2) is 90.5 Å². The van der Waals surface area contributed by atoms with Gasteiger partial charge in [-0.05, 0) is 34.5 Å². The fraction of sp³-hybridized carbons (Fsp3) is 0.0370. The van der Waals surface area contributed by atoms with Crippen LogP contribution < -0.4 is 10.1 Å². The number of nitrogens with zero attached hydrogens (tertiary/aromatic N) is 2. The molecule has 1 N–H and O–H groups in total. The number of benzene rings is 4. The van der Waals surface area contributed by atoms with Crippen molar-refractivity contribution < 1.29 is 14.5 Å².